The molecule has 1 aromatic heterocycles. The number of aryl methyl sites for hydroxylation is 2. The summed E-state index contributed by atoms with van der Waals surface area (Å²) in [7, 11) is 0. The van der Waals surface area contributed by atoms with Crippen LogP contribution in [0.4, 0.5) is 17.1 Å². The SMILES string of the molecule is Cc1cc(Nc2ccc(N)c3ncccc23)cc(C)c1Br. The monoisotopic (exact) mass is 341 g/mol. The van der Waals surface area contributed by atoms with Crippen molar-refractivity contribution in [3.63, 3.8) is 0 Å². The fraction of sp³-hybridized carbons (Fsp3) is 0.118. The molecule has 0 aliphatic carbocycles. The molecule has 0 radical (unpaired) electrons. The quantitative estimate of drug-likeness (QED) is 0.649. The number of rotatable bonds is 2. The third kappa shape index (κ3) is 2.59. The number of nitrogens with zero attached hydrogens (tertiary/aromatic N) is 1. The molecule has 2 aromatic carbocycles. The van der Waals surface area contributed by atoms with Crippen LogP contribution in [0.15, 0.2) is 47.1 Å². The molecule has 106 valence electrons. The van der Waals surface area contributed by atoms with Crippen LogP contribution in [0.3, 0.4) is 0 Å². The largest absolute Gasteiger partial charge is 0.397 e. The highest BCUT2D eigenvalue weighted by atomic mass is 79.9. The molecule has 0 aliphatic heterocycles. The van der Waals surface area contributed by atoms with Gasteiger partial charge in [-0.05, 0) is 61.4 Å². The summed E-state index contributed by atoms with van der Waals surface area (Å²) in [6.45, 7) is 4.18. The van der Waals surface area contributed by atoms with E-state index in [-0.39, 0.29) is 0 Å². The van der Waals surface area contributed by atoms with Crippen LogP contribution in [0.2, 0.25) is 0 Å². The zero-order valence-electron chi connectivity index (χ0n) is 11.9. The van der Waals surface area contributed by atoms with Gasteiger partial charge in [0.05, 0.1) is 11.2 Å². The van der Waals surface area contributed by atoms with E-state index in [9.17, 15) is 0 Å². The van der Waals surface area contributed by atoms with Gasteiger partial charge in [-0.1, -0.05) is 15.9 Å². The molecule has 0 bridgehead atoms. The summed E-state index contributed by atoms with van der Waals surface area (Å²) in [6, 6.07) is 12.1. The molecule has 0 amide bonds. The average molecular weight is 342 g/mol. The van der Waals surface area contributed by atoms with Gasteiger partial charge in [-0.2, -0.15) is 0 Å². The van der Waals surface area contributed by atoms with Crippen molar-refractivity contribution in [1.29, 1.82) is 0 Å². The van der Waals surface area contributed by atoms with E-state index in [0.29, 0.717) is 5.69 Å². The zero-order chi connectivity index (χ0) is 15.0. The van der Waals surface area contributed by atoms with E-state index in [1.165, 1.54) is 11.1 Å². The molecule has 0 aliphatic rings. The molecule has 0 atom stereocenters. The number of halogens is 1. The van der Waals surface area contributed by atoms with Crippen LogP contribution in [0.5, 0.6) is 0 Å². The molecule has 0 fully saturated rings. The molecule has 0 unspecified atom stereocenters. The second kappa shape index (κ2) is 5.37. The Bertz CT molecular complexity index is 804. The minimum atomic E-state index is 0.694. The summed E-state index contributed by atoms with van der Waals surface area (Å²) >= 11 is 3.59. The smallest absolute Gasteiger partial charge is 0.0951 e. The molecule has 0 saturated heterocycles. The van der Waals surface area contributed by atoms with Crippen LogP contribution in [-0.4, -0.2) is 4.98 Å². The van der Waals surface area contributed by atoms with Gasteiger partial charge in [0.1, 0.15) is 0 Å². The van der Waals surface area contributed by atoms with Gasteiger partial charge in [0.15, 0.2) is 0 Å². The number of nitrogens with two attached hydrogens (primary N) is 1. The van der Waals surface area contributed by atoms with Gasteiger partial charge in [0.25, 0.3) is 0 Å². The molecule has 4 heteroatoms. The van der Waals surface area contributed by atoms with Crippen LogP contribution in [0, 0.1) is 13.8 Å². The Morgan fingerprint density at radius 1 is 1.10 bits per heavy atom. The number of aromatic nitrogens is 1. The van der Waals surface area contributed by atoms with Crippen molar-refractivity contribution in [2.75, 3.05) is 11.1 Å². The van der Waals surface area contributed by atoms with E-state index >= 15 is 0 Å². The van der Waals surface area contributed by atoms with E-state index in [1.807, 2.05) is 24.3 Å². The van der Waals surface area contributed by atoms with Gasteiger partial charge in [-0.15, -0.1) is 0 Å². The molecular formula is C17H16BrN3. The summed E-state index contributed by atoms with van der Waals surface area (Å²) < 4.78 is 1.15. The first-order valence-corrected chi connectivity index (χ1v) is 7.52. The second-order valence-electron chi connectivity index (χ2n) is 5.15. The van der Waals surface area contributed by atoms with Gasteiger partial charge < -0.3 is 11.1 Å². The fourth-order valence-electron chi connectivity index (χ4n) is 2.48. The summed E-state index contributed by atoms with van der Waals surface area (Å²) in [4.78, 5) is 4.36. The lowest BCUT2D eigenvalue weighted by molar-refractivity contribution is 1.33. The maximum Gasteiger partial charge on any atom is 0.0951 e. The number of pyridine rings is 1. The van der Waals surface area contributed by atoms with E-state index in [1.54, 1.807) is 6.20 Å². The Balaban J connectivity index is 2.09. The molecular weight excluding hydrogens is 326 g/mol. The number of anilines is 3. The number of hydrogen-bond donors (Lipinski definition) is 2. The van der Waals surface area contributed by atoms with Gasteiger partial charge in [-0.3, -0.25) is 4.98 Å². The third-order valence-corrected chi connectivity index (χ3v) is 4.77. The number of hydrogen-bond acceptors (Lipinski definition) is 3. The molecule has 3 aromatic rings. The highest BCUT2D eigenvalue weighted by Gasteiger charge is 2.07. The Morgan fingerprint density at radius 2 is 1.81 bits per heavy atom. The van der Waals surface area contributed by atoms with Crippen molar-refractivity contribution in [3.8, 4) is 0 Å². The highest BCUT2D eigenvalue weighted by Crippen LogP contribution is 2.31. The molecule has 0 saturated carbocycles. The van der Waals surface area contributed by atoms with Crippen molar-refractivity contribution < 1.29 is 0 Å². The average Bonchev–Trinajstić information content (AvgIpc) is 2.48. The maximum atomic E-state index is 5.99. The summed E-state index contributed by atoms with van der Waals surface area (Å²) in [5.74, 6) is 0. The van der Waals surface area contributed by atoms with Gasteiger partial charge >= 0.3 is 0 Å². The number of nitrogen functional groups attached to an aromatic ring is 1. The van der Waals surface area contributed by atoms with E-state index < -0.39 is 0 Å². The predicted molar refractivity (Wildman–Crippen MR) is 93.1 cm³/mol. The van der Waals surface area contributed by atoms with Crippen molar-refractivity contribution >= 4 is 43.9 Å². The first-order valence-electron chi connectivity index (χ1n) is 6.73. The van der Waals surface area contributed by atoms with Crippen LogP contribution >= 0.6 is 15.9 Å². The highest BCUT2D eigenvalue weighted by molar-refractivity contribution is 9.10. The Kier molecular flexibility index (Phi) is 3.55. The standard InChI is InChI=1S/C17H16BrN3/c1-10-8-12(9-11(2)16(10)18)21-15-6-5-14(19)17-13(15)4-3-7-20-17/h3-9,21H,19H2,1-2H3. The number of nitrogens with one attached hydrogen (secondary N) is 1. The van der Waals surface area contributed by atoms with E-state index in [0.717, 1.165) is 26.8 Å². The van der Waals surface area contributed by atoms with Crippen molar-refractivity contribution in [2.24, 2.45) is 0 Å². The van der Waals surface area contributed by atoms with Gasteiger partial charge in [0, 0.05) is 27.4 Å². The fourth-order valence-corrected chi connectivity index (χ4v) is 2.71. The number of benzene rings is 2. The van der Waals surface area contributed by atoms with E-state index in [4.69, 9.17) is 5.73 Å². The lowest BCUT2D eigenvalue weighted by Crippen LogP contribution is -1.96. The Labute approximate surface area is 132 Å². The predicted octanol–water partition coefficient (Wildman–Crippen LogP) is 4.94. The van der Waals surface area contributed by atoms with Gasteiger partial charge in [0.2, 0.25) is 0 Å². The van der Waals surface area contributed by atoms with Crippen molar-refractivity contribution in [2.45, 2.75) is 13.8 Å². The maximum absolute atomic E-state index is 5.99. The van der Waals surface area contributed by atoms with Crippen LogP contribution in [-0.2, 0) is 0 Å². The first-order chi connectivity index (χ1) is 10.1. The van der Waals surface area contributed by atoms with Crippen molar-refractivity contribution in [1.82, 2.24) is 4.98 Å². The topological polar surface area (TPSA) is 50.9 Å². The number of fused-ring (bicyclic) bond motifs is 1. The lowest BCUT2D eigenvalue weighted by atomic mass is 10.1. The minimum Gasteiger partial charge on any atom is -0.397 e. The van der Waals surface area contributed by atoms with Crippen molar-refractivity contribution in [3.05, 3.63) is 58.2 Å². The normalized spacial score (nSPS) is 10.8. The summed E-state index contributed by atoms with van der Waals surface area (Å²) in [5, 5.41) is 4.49. The van der Waals surface area contributed by atoms with Crippen LogP contribution in [0.25, 0.3) is 10.9 Å². The lowest BCUT2D eigenvalue weighted by Gasteiger charge is -2.13. The molecule has 3 nitrogen and oxygen atoms in total. The molecule has 0 spiro atoms. The first kappa shape index (κ1) is 13.9. The Morgan fingerprint density at radius 3 is 2.52 bits per heavy atom. The van der Waals surface area contributed by atoms with Gasteiger partial charge in [-0.25, -0.2) is 0 Å². The zero-order valence-corrected chi connectivity index (χ0v) is 13.5. The van der Waals surface area contributed by atoms with Crippen LogP contribution < -0.4 is 11.1 Å². The minimum absolute atomic E-state index is 0.694. The second-order valence-corrected chi connectivity index (χ2v) is 5.94. The Hall–Kier alpha value is -2.07. The summed E-state index contributed by atoms with van der Waals surface area (Å²) in [5.41, 5.74) is 12.0. The molecule has 21 heavy (non-hydrogen) atoms. The molecule has 1 heterocycles. The van der Waals surface area contributed by atoms with E-state index in [2.05, 4.69) is 52.2 Å². The summed E-state index contributed by atoms with van der Waals surface area (Å²) in [6.07, 6.45) is 1.76. The molecule has 3 N–H and O–H groups in total. The third-order valence-electron chi connectivity index (χ3n) is 3.52. The van der Waals surface area contributed by atoms with Crippen LogP contribution in [0.1, 0.15) is 11.1 Å². The molecule has 3 rings (SSSR count).